The van der Waals surface area contributed by atoms with Gasteiger partial charge in [-0.15, -0.1) is 16.8 Å². The van der Waals surface area contributed by atoms with E-state index in [1.807, 2.05) is 6.08 Å². The normalized spacial score (nSPS) is 15.4. The molecule has 178 valence electrons. The van der Waals surface area contributed by atoms with E-state index in [4.69, 9.17) is 0 Å². The lowest BCUT2D eigenvalue weighted by molar-refractivity contribution is -0.113. The topological polar surface area (TPSA) is 94.0 Å². The van der Waals surface area contributed by atoms with Gasteiger partial charge in [0.1, 0.15) is 5.82 Å². The van der Waals surface area contributed by atoms with Crippen LogP contribution in [0.5, 0.6) is 0 Å². The maximum absolute atomic E-state index is 12.9. The molecule has 0 atom stereocenters. The van der Waals surface area contributed by atoms with Gasteiger partial charge in [0, 0.05) is 40.4 Å². The van der Waals surface area contributed by atoms with Crippen LogP contribution in [0.3, 0.4) is 0 Å². The van der Waals surface area contributed by atoms with Gasteiger partial charge in [-0.3, -0.25) is 14.4 Å². The summed E-state index contributed by atoms with van der Waals surface area (Å²) in [7, 11) is 0. The Balaban J connectivity index is 1.28. The van der Waals surface area contributed by atoms with Crippen LogP contribution < -0.4 is 5.32 Å². The van der Waals surface area contributed by atoms with Gasteiger partial charge in [-0.05, 0) is 31.0 Å². The summed E-state index contributed by atoms with van der Waals surface area (Å²) in [5.74, 6) is 0.905. The standard InChI is InChI=1S/C27H26N4O3S/c1-2-14-31-26(17-8-4-3-5-9-17)29-30-27(31)35-16-23(32)28-18-12-13-21-22(15-18)25(34)20-11-7-6-10-19(20)24(21)33/h2,6-7,10-13,15,17H,1,3-5,8-9,14,16H2,(H,28,32). The van der Waals surface area contributed by atoms with Crippen LogP contribution in [-0.2, 0) is 11.3 Å². The first kappa shape index (κ1) is 23.2. The van der Waals surface area contributed by atoms with Gasteiger partial charge in [0.25, 0.3) is 0 Å². The fraction of sp³-hybridized carbons (Fsp3) is 0.296. The number of ketones is 2. The van der Waals surface area contributed by atoms with E-state index in [1.165, 1.54) is 31.0 Å². The number of benzene rings is 2. The molecule has 2 aliphatic carbocycles. The zero-order valence-corrected chi connectivity index (χ0v) is 20.1. The van der Waals surface area contributed by atoms with Crippen molar-refractivity contribution in [1.29, 1.82) is 0 Å². The number of amides is 1. The van der Waals surface area contributed by atoms with E-state index in [1.54, 1.807) is 42.5 Å². The molecule has 1 fully saturated rings. The maximum Gasteiger partial charge on any atom is 0.234 e. The second-order valence-corrected chi connectivity index (χ2v) is 9.82. The SMILES string of the molecule is C=CCn1c(SCC(=O)Nc2ccc3c(c2)C(=O)c2ccccc2C3=O)nnc1C1CCCCC1. The van der Waals surface area contributed by atoms with Crippen molar-refractivity contribution in [3.63, 3.8) is 0 Å². The first-order valence-electron chi connectivity index (χ1n) is 11.9. The first-order valence-corrected chi connectivity index (χ1v) is 12.8. The molecule has 1 heterocycles. The van der Waals surface area contributed by atoms with Gasteiger partial charge in [-0.1, -0.05) is 61.4 Å². The molecule has 7 nitrogen and oxygen atoms in total. The average Bonchev–Trinajstić information content (AvgIpc) is 3.29. The predicted molar refractivity (Wildman–Crippen MR) is 135 cm³/mol. The molecular formula is C27H26N4O3S. The summed E-state index contributed by atoms with van der Waals surface area (Å²) in [5, 5.41) is 12.3. The summed E-state index contributed by atoms with van der Waals surface area (Å²) in [6, 6.07) is 11.6. The Bertz CT molecular complexity index is 1320. The minimum absolute atomic E-state index is 0.146. The van der Waals surface area contributed by atoms with E-state index >= 15 is 0 Å². The number of thioether (sulfide) groups is 1. The minimum Gasteiger partial charge on any atom is -0.325 e. The number of carbonyl (C=O) groups is 3. The lowest BCUT2D eigenvalue weighted by Crippen LogP contribution is -2.21. The second kappa shape index (κ2) is 10.00. The van der Waals surface area contributed by atoms with Gasteiger partial charge in [0.15, 0.2) is 16.7 Å². The lowest BCUT2D eigenvalue weighted by Gasteiger charge is -2.21. The van der Waals surface area contributed by atoms with E-state index in [0.29, 0.717) is 45.6 Å². The van der Waals surface area contributed by atoms with Gasteiger partial charge < -0.3 is 9.88 Å². The average molecular weight is 487 g/mol. The van der Waals surface area contributed by atoms with Crippen LogP contribution in [0.1, 0.15) is 75.7 Å². The number of nitrogens with one attached hydrogen (secondary N) is 1. The van der Waals surface area contributed by atoms with Gasteiger partial charge in [-0.25, -0.2) is 0 Å². The van der Waals surface area contributed by atoms with Crippen LogP contribution in [0.2, 0.25) is 0 Å². The summed E-state index contributed by atoms with van der Waals surface area (Å²) in [5.41, 5.74) is 1.94. The number of rotatable bonds is 7. The number of nitrogens with zero attached hydrogens (tertiary/aromatic N) is 3. The van der Waals surface area contributed by atoms with Crippen molar-refractivity contribution in [2.45, 2.75) is 49.7 Å². The van der Waals surface area contributed by atoms with Crippen LogP contribution in [0.4, 0.5) is 5.69 Å². The van der Waals surface area contributed by atoms with E-state index in [0.717, 1.165) is 18.7 Å². The summed E-state index contributed by atoms with van der Waals surface area (Å²) in [6.45, 7) is 4.46. The number of hydrogen-bond acceptors (Lipinski definition) is 6. The Morgan fingerprint density at radius 2 is 1.69 bits per heavy atom. The lowest BCUT2D eigenvalue weighted by atomic mass is 9.84. The van der Waals surface area contributed by atoms with Gasteiger partial charge in [-0.2, -0.15) is 0 Å². The van der Waals surface area contributed by atoms with Crippen molar-refractivity contribution in [1.82, 2.24) is 14.8 Å². The van der Waals surface area contributed by atoms with E-state index in [-0.39, 0.29) is 23.2 Å². The summed E-state index contributed by atoms with van der Waals surface area (Å²) in [6.07, 6.45) is 7.73. The molecule has 5 rings (SSSR count). The van der Waals surface area contributed by atoms with Crippen LogP contribution in [0.25, 0.3) is 0 Å². The molecule has 3 aromatic rings. The molecule has 1 saturated carbocycles. The zero-order chi connectivity index (χ0) is 24.4. The van der Waals surface area contributed by atoms with Gasteiger partial charge in [0.2, 0.25) is 5.91 Å². The monoisotopic (exact) mass is 486 g/mol. The van der Waals surface area contributed by atoms with Crippen molar-refractivity contribution < 1.29 is 14.4 Å². The molecule has 0 aliphatic heterocycles. The maximum atomic E-state index is 12.9. The molecule has 8 heteroatoms. The molecular weight excluding hydrogens is 460 g/mol. The molecule has 2 aromatic carbocycles. The number of carbonyl (C=O) groups excluding carboxylic acids is 3. The number of anilines is 1. The highest BCUT2D eigenvalue weighted by atomic mass is 32.2. The van der Waals surface area contributed by atoms with Crippen molar-refractivity contribution in [3.8, 4) is 0 Å². The summed E-state index contributed by atoms with van der Waals surface area (Å²) in [4.78, 5) is 38.4. The Labute approximate surface area is 208 Å². The quantitative estimate of drug-likeness (QED) is 0.291. The molecule has 1 amide bonds. The summed E-state index contributed by atoms with van der Waals surface area (Å²) >= 11 is 1.33. The smallest absolute Gasteiger partial charge is 0.234 e. The Kier molecular flexibility index (Phi) is 6.63. The number of hydrogen-bond donors (Lipinski definition) is 1. The summed E-state index contributed by atoms with van der Waals surface area (Å²) < 4.78 is 2.06. The fourth-order valence-corrected chi connectivity index (χ4v) is 5.63. The third kappa shape index (κ3) is 4.58. The molecule has 0 saturated heterocycles. The molecule has 0 radical (unpaired) electrons. The zero-order valence-electron chi connectivity index (χ0n) is 19.3. The van der Waals surface area contributed by atoms with Crippen molar-refractivity contribution in [3.05, 3.63) is 83.2 Å². The number of fused-ring (bicyclic) bond motifs is 2. The highest BCUT2D eigenvalue weighted by Gasteiger charge is 2.29. The molecule has 0 spiro atoms. The van der Waals surface area contributed by atoms with Crippen molar-refractivity contribution in [2.24, 2.45) is 0 Å². The van der Waals surface area contributed by atoms with Crippen LogP contribution in [0, 0.1) is 0 Å². The molecule has 35 heavy (non-hydrogen) atoms. The number of allylic oxidation sites excluding steroid dienone is 1. The third-order valence-electron chi connectivity index (χ3n) is 6.57. The fourth-order valence-electron chi connectivity index (χ4n) is 4.87. The highest BCUT2D eigenvalue weighted by Crippen LogP contribution is 2.33. The Morgan fingerprint density at radius 1 is 1.00 bits per heavy atom. The minimum atomic E-state index is -0.225. The van der Waals surface area contributed by atoms with E-state index in [2.05, 4.69) is 26.7 Å². The molecule has 1 N–H and O–H groups in total. The van der Waals surface area contributed by atoms with E-state index < -0.39 is 0 Å². The molecule has 1 aromatic heterocycles. The Hall–Kier alpha value is -3.52. The van der Waals surface area contributed by atoms with Crippen molar-refractivity contribution >= 4 is 34.9 Å². The first-order chi connectivity index (χ1) is 17.1. The van der Waals surface area contributed by atoms with Crippen molar-refractivity contribution in [2.75, 3.05) is 11.1 Å². The van der Waals surface area contributed by atoms with Gasteiger partial charge >= 0.3 is 0 Å². The predicted octanol–water partition coefficient (Wildman–Crippen LogP) is 5.02. The Morgan fingerprint density at radius 3 is 2.40 bits per heavy atom. The second-order valence-electron chi connectivity index (χ2n) is 8.88. The third-order valence-corrected chi connectivity index (χ3v) is 7.54. The molecule has 0 bridgehead atoms. The van der Waals surface area contributed by atoms with Crippen LogP contribution >= 0.6 is 11.8 Å². The highest BCUT2D eigenvalue weighted by molar-refractivity contribution is 7.99. The molecule has 0 unspecified atom stereocenters. The largest absolute Gasteiger partial charge is 0.325 e. The van der Waals surface area contributed by atoms with E-state index in [9.17, 15) is 14.4 Å². The van der Waals surface area contributed by atoms with Gasteiger partial charge in [0.05, 0.1) is 5.75 Å². The van der Waals surface area contributed by atoms with Crippen LogP contribution in [-0.4, -0.2) is 38.0 Å². The molecule has 2 aliphatic rings. The van der Waals surface area contributed by atoms with Crippen LogP contribution in [0.15, 0.2) is 60.3 Å². The number of aromatic nitrogens is 3.